The summed E-state index contributed by atoms with van der Waals surface area (Å²) in [6.45, 7) is 10.2. The van der Waals surface area contributed by atoms with Crippen LogP contribution in [0.25, 0.3) is 22.3 Å². The number of nitrogens with zero attached hydrogens (tertiary/aromatic N) is 1. The number of hydrogen-bond donors (Lipinski definition) is 2. The quantitative estimate of drug-likeness (QED) is 0.324. The number of aromatic nitrogens is 2. The molecule has 0 fully saturated rings. The highest BCUT2D eigenvalue weighted by Gasteiger charge is 2.31. The smallest absolute Gasteiger partial charge is 0.313 e. The molecule has 2 N–H and O–H groups in total. The number of carbonyl (C=O) groups is 1. The second kappa shape index (κ2) is 9.43. The van der Waals surface area contributed by atoms with E-state index in [1.54, 1.807) is 20.0 Å². The van der Waals surface area contributed by atoms with Crippen molar-refractivity contribution >= 4 is 17.0 Å². The standard InChI is InChI=1S/C29H32N2O3/c1-18-11-19(2)13-22(12-18)26-24(14-20(3)34-17-21-9-7-6-8-10-21)25-15-23(16-30-27(25)31-26)29(4,5)28(32)33/h6-13,15-16,20H,14,17H2,1-5H3,(H,30,31)(H,32,33). The summed E-state index contributed by atoms with van der Waals surface area (Å²) in [6.07, 6.45) is 2.30. The zero-order valence-corrected chi connectivity index (χ0v) is 20.5. The molecule has 0 aliphatic heterocycles. The zero-order valence-electron chi connectivity index (χ0n) is 20.5. The van der Waals surface area contributed by atoms with E-state index in [-0.39, 0.29) is 6.10 Å². The number of nitrogens with one attached hydrogen (secondary N) is 1. The molecule has 0 aliphatic carbocycles. The van der Waals surface area contributed by atoms with Gasteiger partial charge in [0.2, 0.25) is 0 Å². The van der Waals surface area contributed by atoms with Gasteiger partial charge in [0, 0.05) is 18.0 Å². The Morgan fingerprint density at radius 3 is 2.41 bits per heavy atom. The Labute approximate surface area is 200 Å². The summed E-state index contributed by atoms with van der Waals surface area (Å²) in [6, 6.07) is 18.6. The number of carboxylic acid groups (broad SMARTS) is 1. The fourth-order valence-corrected chi connectivity index (χ4v) is 4.32. The maximum Gasteiger partial charge on any atom is 0.313 e. The lowest BCUT2D eigenvalue weighted by Gasteiger charge is -2.19. The molecule has 1 atom stereocenters. The van der Waals surface area contributed by atoms with Crippen LogP contribution in [0.2, 0.25) is 0 Å². The number of benzene rings is 2. The second-order valence-electron chi connectivity index (χ2n) is 9.72. The third-order valence-corrected chi connectivity index (χ3v) is 6.39. The van der Waals surface area contributed by atoms with Gasteiger partial charge in [-0.15, -0.1) is 0 Å². The summed E-state index contributed by atoms with van der Waals surface area (Å²) in [5.41, 5.74) is 7.11. The first-order chi connectivity index (χ1) is 16.1. The van der Waals surface area contributed by atoms with Crippen LogP contribution >= 0.6 is 0 Å². The number of ether oxygens (including phenoxy) is 1. The van der Waals surface area contributed by atoms with Crippen LogP contribution in [0.1, 0.15) is 48.6 Å². The lowest BCUT2D eigenvalue weighted by Crippen LogP contribution is -2.28. The van der Waals surface area contributed by atoms with E-state index >= 15 is 0 Å². The molecule has 2 heterocycles. The monoisotopic (exact) mass is 456 g/mol. The maximum atomic E-state index is 11.9. The Bertz CT molecular complexity index is 1300. The Morgan fingerprint density at radius 2 is 1.76 bits per heavy atom. The average Bonchev–Trinajstić information content (AvgIpc) is 3.15. The highest BCUT2D eigenvalue weighted by atomic mass is 16.5. The summed E-state index contributed by atoms with van der Waals surface area (Å²) in [5, 5.41) is 10.7. The van der Waals surface area contributed by atoms with Crippen LogP contribution in [0.4, 0.5) is 0 Å². The summed E-state index contributed by atoms with van der Waals surface area (Å²) in [4.78, 5) is 20.0. The van der Waals surface area contributed by atoms with E-state index in [0.717, 1.165) is 33.4 Å². The number of aliphatic carboxylic acids is 1. The minimum absolute atomic E-state index is 0.0417. The second-order valence-corrected chi connectivity index (χ2v) is 9.72. The van der Waals surface area contributed by atoms with Crippen molar-refractivity contribution < 1.29 is 14.6 Å². The molecule has 4 aromatic rings. The number of rotatable bonds is 8. The number of aryl methyl sites for hydroxylation is 2. The molecule has 0 saturated carbocycles. The molecule has 4 rings (SSSR count). The van der Waals surface area contributed by atoms with Crippen LogP contribution in [0.3, 0.4) is 0 Å². The largest absolute Gasteiger partial charge is 0.481 e. The molecule has 176 valence electrons. The van der Waals surface area contributed by atoms with Crippen molar-refractivity contribution in [3.8, 4) is 11.3 Å². The maximum absolute atomic E-state index is 11.9. The SMILES string of the molecule is Cc1cc(C)cc(-c2[nH]c3ncc(C(C)(C)C(=O)O)cc3c2CC(C)OCc2ccccc2)c1. The van der Waals surface area contributed by atoms with E-state index in [1.165, 1.54) is 11.1 Å². The topological polar surface area (TPSA) is 75.2 Å². The van der Waals surface area contributed by atoms with Crippen molar-refractivity contribution in [2.24, 2.45) is 0 Å². The number of pyridine rings is 1. The summed E-state index contributed by atoms with van der Waals surface area (Å²) < 4.78 is 6.20. The van der Waals surface area contributed by atoms with Crippen molar-refractivity contribution in [3.05, 3.63) is 88.6 Å². The van der Waals surface area contributed by atoms with Crippen molar-refractivity contribution in [2.75, 3.05) is 0 Å². The van der Waals surface area contributed by atoms with Crippen molar-refractivity contribution in [1.82, 2.24) is 9.97 Å². The molecule has 0 saturated heterocycles. The van der Waals surface area contributed by atoms with Gasteiger partial charge < -0.3 is 14.8 Å². The van der Waals surface area contributed by atoms with Gasteiger partial charge in [0.15, 0.2) is 0 Å². The summed E-state index contributed by atoms with van der Waals surface area (Å²) in [7, 11) is 0. The molecule has 34 heavy (non-hydrogen) atoms. The Balaban J connectivity index is 1.77. The fraction of sp³-hybridized carbons (Fsp3) is 0.310. The van der Waals surface area contributed by atoms with E-state index < -0.39 is 11.4 Å². The lowest BCUT2D eigenvalue weighted by atomic mass is 9.85. The first-order valence-corrected chi connectivity index (χ1v) is 11.6. The van der Waals surface area contributed by atoms with Crippen molar-refractivity contribution in [3.63, 3.8) is 0 Å². The van der Waals surface area contributed by atoms with E-state index in [2.05, 4.69) is 61.1 Å². The van der Waals surface area contributed by atoms with Crippen LogP contribution in [-0.2, 0) is 28.0 Å². The van der Waals surface area contributed by atoms with Gasteiger partial charge in [-0.1, -0.05) is 47.5 Å². The minimum atomic E-state index is -1.04. The van der Waals surface area contributed by atoms with Gasteiger partial charge in [-0.25, -0.2) is 4.98 Å². The molecule has 2 aromatic heterocycles. The molecule has 0 aliphatic rings. The van der Waals surface area contributed by atoms with Gasteiger partial charge >= 0.3 is 5.97 Å². The van der Waals surface area contributed by atoms with Crippen LogP contribution in [0.15, 0.2) is 60.8 Å². The van der Waals surface area contributed by atoms with Crippen LogP contribution in [-0.4, -0.2) is 27.1 Å². The lowest BCUT2D eigenvalue weighted by molar-refractivity contribution is -0.142. The molecule has 2 aromatic carbocycles. The van der Waals surface area contributed by atoms with Crippen LogP contribution in [0.5, 0.6) is 0 Å². The van der Waals surface area contributed by atoms with E-state index in [0.29, 0.717) is 18.6 Å². The van der Waals surface area contributed by atoms with E-state index in [4.69, 9.17) is 4.74 Å². The van der Waals surface area contributed by atoms with Gasteiger partial charge in [-0.3, -0.25) is 4.79 Å². The van der Waals surface area contributed by atoms with Gasteiger partial charge in [0.25, 0.3) is 0 Å². The molecule has 0 radical (unpaired) electrons. The highest BCUT2D eigenvalue weighted by molar-refractivity contribution is 5.90. The third-order valence-electron chi connectivity index (χ3n) is 6.39. The van der Waals surface area contributed by atoms with Gasteiger partial charge in [-0.2, -0.15) is 0 Å². The molecule has 0 amide bonds. The van der Waals surface area contributed by atoms with Crippen molar-refractivity contribution in [1.29, 1.82) is 0 Å². The predicted octanol–water partition coefficient (Wildman–Crippen LogP) is 6.36. The molecular formula is C29H32N2O3. The normalized spacial score (nSPS) is 12.7. The number of fused-ring (bicyclic) bond motifs is 1. The molecule has 5 heteroatoms. The van der Waals surface area contributed by atoms with Gasteiger partial charge in [-0.05, 0) is 75.1 Å². The molecule has 5 nitrogen and oxygen atoms in total. The zero-order chi connectivity index (χ0) is 24.5. The number of aromatic amines is 1. The van der Waals surface area contributed by atoms with Crippen molar-refractivity contribution in [2.45, 2.75) is 59.2 Å². The highest BCUT2D eigenvalue weighted by Crippen LogP contribution is 2.34. The van der Waals surface area contributed by atoms with Gasteiger partial charge in [0.05, 0.1) is 23.8 Å². The van der Waals surface area contributed by atoms with Gasteiger partial charge in [0.1, 0.15) is 5.65 Å². The summed E-state index contributed by atoms with van der Waals surface area (Å²) >= 11 is 0. The number of H-pyrrole nitrogens is 1. The first-order valence-electron chi connectivity index (χ1n) is 11.6. The molecular weight excluding hydrogens is 424 g/mol. The Morgan fingerprint density at radius 1 is 1.09 bits per heavy atom. The van der Waals surface area contributed by atoms with E-state index in [9.17, 15) is 9.90 Å². The molecule has 0 bridgehead atoms. The number of hydrogen-bond acceptors (Lipinski definition) is 3. The summed E-state index contributed by atoms with van der Waals surface area (Å²) in [5.74, 6) is -0.875. The Hall–Kier alpha value is -3.44. The van der Waals surface area contributed by atoms with Crippen LogP contribution in [0, 0.1) is 13.8 Å². The van der Waals surface area contributed by atoms with E-state index in [1.807, 2.05) is 24.3 Å². The van der Waals surface area contributed by atoms with Crippen LogP contribution < -0.4 is 0 Å². The first kappa shape index (κ1) is 23.7. The fourth-order valence-electron chi connectivity index (χ4n) is 4.32. The third kappa shape index (κ3) is 4.90. The minimum Gasteiger partial charge on any atom is -0.481 e. The molecule has 0 spiro atoms. The predicted molar refractivity (Wildman–Crippen MR) is 136 cm³/mol. The number of carboxylic acids is 1. The molecule has 1 unspecified atom stereocenters. The Kier molecular flexibility index (Phi) is 6.58. The average molecular weight is 457 g/mol.